The molecule has 0 bridgehead atoms. The van der Waals surface area contributed by atoms with E-state index in [4.69, 9.17) is 4.74 Å². The molecule has 1 atom stereocenters. The van der Waals surface area contributed by atoms with Crippen molar-refractivity contribution in [2.45, 2.75) is 78.4 Å². The van der Waals surface area contributed by atoms with E-state index in [0.29, 0.717) is 5.92 Å². The highest BCUT2D eigenvalue weighted by molar-refractivity contribution is 5.26. The van der Waals surface area contributed by atoms with Crippen LogP contribution in [0.5, 0.6) is 5.88 Å². The maximum absolute atomic E-state index is 6.03. The van der Waals surface area contributed by atoms with Crippen LogP contribution in [0.3, 0.4) is 0 Å². The van der Waals surface area contributed by atoms with Crippen molar-refractivity contribution in [1.29, 1.82) is 0 Å². The predicted molar refractivity (Wildman–Crippen MR) is 89.9 cm³/mol. The maximum Gasteiger partial charge on any atom is 0.214 e. The first kappa shape index (κ1) is 18.0. The number of unbranched alkanes of at least 4 members (excludes halogenated alkanes) is 3. The van der Waals surface area contributed by atoms with Crippen molar-refractivity contribution in [2.24, 2.45) is 0 Å². The molecule has 0 aliphatic heterocycles. The van der Waals surface area contributed by atoms with E-state index in [1.807, 2.05) is 7.05 Å². The Morgan fingerprint density at radius 3 is 2.52 bits per heavy atom. The quantitative estimate of drug-likeness (QED) is 0.637. The second kappa shape index (κ2) is 9.78. The van der Waals surface area contributed by atoms with Crippen LogP contribution in [0.1, 0.15) is 77.0 Å². The Hall–Kier alpha value is -1.09. The molecule has 0 aromatic carbocycles. The second-order valence-corrected chi connectivity index (χ2v) is 6.20. The van der Waals surface area contributed by atoms with E-state index in [1.165, 1.54) is 31.2 Å². The number of hydrogen-bond acceptors (Lipinski definition) is 3. The number of ether oxygens (including phenoxy) is 1. The van der Waals surface area contributed by atoms with Gasteiger partial charge in [-0.05, 0) is 44.4 Å². The lowest BCUT2D eigenvalue weighted by Gasteiger charge is -2.16. The summed E-state index contributed by atoms with van der Waals surface area (Å²) in [5.74, 6) is 1.19. The topological polar surface area (TPSA) is 34.1 Å². The molecule has 0 aliphatic rings. The van der Waals surface area contributed by atoms with Crippen LogP contribution in [0.15, 0.2) is 12.1 Å². The summed E-state index contributed by atoms with van der Waals surface area (Å²) in [5, 5.41) is 3.20. The van der Waals surface area contributed by atoms with Crippen LogP contribution in [0.25, 0.3) is 0 Å². The molecule has 120 valence electrons. The van der Waals surface area contributed by atoms with Crippen LogP contribution in [0, 0.1) is 0 Å². The molecule has 1 unspecified atom stereocenters. The lowest BCUT2D eigenvalue weighted by atomic mass is 10.1. The molecule has 1 N–H and O–H groups in total. The monoisotopic (exact) mass is 292 g/mol. The van der Waals surface area contributed by atoms with Crippen LogP contribution in [-0.2, 0) is 6.54 Å². The fourth-order valence-corrected chi connectivity index (χ4v) is 2.37. The lowest BCUT2D eigenvalue weighted by Crippen LogP contribution is -2.14. The van der Waals surface area contributed by atoms with Gasteiger partial charge < -0.3 is 10.1 Å². The number of hydrogen-bond donors (Lipinski definition) is 1. The fourth-order valence-electron chi connectivity index (χ4n) is 2.37. The predicted octanol–water partition coefficient (Wildman–Crippen LogP) is 4.66. The first-order valence-electron chi connectivity index (χ1n) is 8.38. The fraction of sp³-hybridized carbons (Fsp3) is 0.722. The Morgan fingerprint density at radius 2 is 1.90 bits per heavy atom. The van der Waals surface area contributed by atoms with E-state index in [-0.39, 0.29) is 6.10 Å². The molecule has 1 rings (SSSR count). The summed E-state index contributed by atoms with van der Waals surface area (Å²) >= 11 is 0. The van der Waals surface area contributed by atoms with E-state index in [9.17, 15) is 0 Å². The SMILES string of the molecule is CCCCCCC(C)Oc1cc(CNC)cc(C(C)C)n1. The van der Waals surface area contributed by atoms with Gasteiger partial charge in [0.15, 0.2) is 0 Å². The highest BCUT2D eigenvalue weighted by Gasteiger charge is 2.10. The summed E-state index contributed by atoms with van der Waals surface area (Å²) in [6.07, 6.45) is 6.48. The van der Waals surface area contributed by atoms with Crippen molar-refractivity contribution in [1.82, 2.24) is 10.3 Å². The van der Waals surface area contributed by atoms with Crippen molar-refractivity contribution in [3.63, 3.8) is 0 Å². The molecule has 0 aliphatic carbocycles. The molecule has 0 radical (unpaired) electrons. The first-order chi connectivity index (χ1) is 10.1. The summed E-state index contributed by atoms with van der Waals surface area (Å²) < 4.78 is 6.03. The number of pyridine rings is 1. The minimum atomic E-state index is 0.235. The van der Waals surface area contributed by atoms with Crippen LogP contribution in [0.2, 0.25) is 0 Å². The van der Waals surface area contributed by atoms with E-state index in [0.717, 1.165) is 24.5 Å². The maximum atomic E-state index is 6.03. The minimum absolute atomic E-state index is 0.235. The van der Waals surface area contributed by atoms with Crippen molar-refractivity contribution >= 4 is 0 Å². The third kappa shape index (κ3) is 6.94. The van der Waals surface area contributed by atoms with Crippen LogP contribution >= 0.6 is 0 Å². The highest BCUT2D eigenvalue weighted by Crippen LogP contribution is 2.21. The zero-order chi connectivity index (χ0) is 15.7. The smallest absolute Gasteiger partial charge is 0.214 e. The first-order valence-corrected chi connectivity index (χ1v) is 8.38. The van der Waals surface area contributed by atoms with E-state index >= 15 is 0 Å². The van der Waals surface area contributed by atoms with Crippen molar-refractivity contribution in [2.75, 3.05) is 7.05 Å². The molecule has 1 heterocycles. The Labute approximate surface area is 130 Å². The third-order valence-electron chi connectivity index (χ3n) is 3.64. The van der Waals surface area contributed by atoms with E-state index < -0.39 is 0 Å². The van der Waals surface area contributed by atoms with Gasteiger partial charge in [-0.25, -0.2) is 4.98 Å². The summed E-state index contributed by atoms with van der Waals surface area (Å²) in [7, 11) is 1.96. The third-order valence-corrected chi connectivity index (χ3v) is 3.64. The molecule has 0 saturated heterocycles. The van der Waals surface area contributed by atoms with Crippen LogP contribution in [0.4, 0.5) is 0 Å². The highest BCUT2D eigenvalue weighted by atomic mass is 16.5. The van der Waals surface area contributed by atoms with Crippen molar-refractivity contribution in [3.05, 3.63) is 23.4 Å². The number of nitrogens with one attached hydrogen (secondary N) is 1. The Balaban J connectivity index is 2.63. The van der Waals surface area contributed by atoms with Gasteiger partial charge in [-0.2, -0.15) is 0 Å². The number of rotatable bonds is 10. The van der Waals surface area contributed by atoms with Gasteiger partial charge in [0, 0.05) is 18.3 Å². The molecule has 3 heteroatoms. The molecule has 1 aromatic heterocycles. The van der Waals surface area contributed by atoms with Gasteiger partial charge in [0.1, 0.15) is 0 Å². The molecule has 0 fully saturated rings. The summed E-state index contributed by atoms with van der Waals surface area (Å²) in [5.41, 5.74) is 2.35. The van der Waals surface area contributed by atoms with E-state index in [1.54, 1.807) is 0 Å². The summed E-state index contributed by atoms with van der Waals surface area (Å²) in [6, 6.07) is 4.23. The minimum Gasteiger partial charge on any atom is -0.475 e. The van der Waals surface area contributed by atoms with Gasteiger partial charge >= 0.3 is 0 Å². The van der Waals surface area contributed by atoms with Gasteiger partial charge in [0.2, 0.25) is 5.88 Å². The normalized spacial score (nSPS) is 12.7. The standard InChI is InChI=1S/C18H32N2O/c1-6-7-8-9-10-15(4)21-18-12-16(13-19-5)11-17(20-18)14(2)3/h11-12,14-15,19H,6-10,13H2,1-5H3. The average Bonchev–Trinajstić information content (AvgIpc) is 2.43. The van der Waals surface area contributed by atoms with Crippen LogP contribution in [-0.4, -0.2) is 18.1 Å². The largest absolute Gasteiger partial charge is 0.475 e. The van der Waals surface area contributed by atoms with Crippen LogP contribution < -0.4 is 10.1 Å². The van der Waals surface area contributed by atoms with Gasteiger partial charge in [-0.1, -0.05) is 40.0 Å². The Bertz CT molecular complexity index is 404. The molecule has 1 aromatic rings. The average molecular weight is 292 g/mol. The molecule has 0 amide bonds. The lowest BCUT2D eigenvalue weighted by molar-refractivity contribution is 0.197. The number of nitrogens with zero attached hydrogens (tertiary/aromatic N) is 1. The van der Waals surface area contributed by atoms with Gasteiger partial charge in [-0.3, -0.25) is 0 Å². The molecule has 3 nitrogen and oxygen atoms in total. The summed E-state index contributed by atoms with van der Waals surface area (Å²) in [6.45, 7) is 9.58. The zero-order valence-corrected chi connectivity index (χ0v) is 14.4. The molecular weight excluding hydrogens is 260 g/mol. The van der Waals surface area contributed by atoms with Gasteiger partial charge in [-0.15, -0.1) is 0 Å². The molecular formula is C18H32N2O. The zero-order valence-electron chi connectivity index (χ0n) is 14.4. The Morgan fingerprint density at radius 1 is 1.14 bits per heavy atom. The van der Waals surface area contributed by atoms with Gasteiger partial charge in [0.25, 0.3) is 0 Å². The Kier molecular flexibility index (Phi) is 8.36. The molecule has 0 saturated carbocycles. The van der Waals surface area contributed by atoms with Gasteiger partial charge in [0.05, 0.1) is 6.10 Å². The molecule has 21 heavy (non-hydrogen) atoms. The van der Waals surface area contributed by atoms with Crippen molar-refractivity contribution in [3.8, 4) is 5.88 Å². The van der Waals surface area contributed by atoms with E-state index in [2.05, 4.69) is 50.1 Å². The molecule has 0 spiro atoms. The summed E-state index contributed by atoms with van der Waals surface area (Å²) in [4.78, 5) is 4.65. The number of aromatic nitrogens is 1. The van der Waals surface area contributed by atoms with Crippen molar-refractivity contribution < 1.29 is 4.74 Å². The second-order valence-electron chi connectivity index (χ2n) is 6.20.